The third kappa shape index (κ3) is 3.69. The Hall–Kier alpha value is -1.97. The van der Waals surface area contributed by atoms with E-state index in [-0.39, 0.29) is 0 Å². The Morgan fingerprint density at radius 2 is 1.78 bits per heavy atom. The van der Waals surface area contributed by atoms with Crippen molar-refractivity contribution in [3.8, 4) is 0 Å². The van der Waals surface area contributed by atoms with Crippen LogP contribution >= 0.6 is 11.3 Å². The van der Waals surface area contributed by atoms with Gasteiger partial charge in [-0.05, 0) is 13.3 Å². The van der Waals surface area contributed by atoms with Gasteiger partial charge >= 0.3 is 6.18 Å². The quantitative estimate of drug-likeness (QED) is 0.834. The van der Waals surface area contributed by atoms with Crippen molar-refractivity contribution in [2.45, 2.75) is 19.5 Å². The van der Waals surface area contributed by atoms with Crippen LogP contribution in [0.15, 0.2) is 12.4 Å². The SMILES string of the molecule is Cc1cc(N2CCCN(c3nnc(C(F)(F)F)s3)CC2)ncn1. The lowest BCUT2D eigenvalue weighted by Crippen LogP contribution is -2.31. The molecule has 0 atom stereocenters. The van der Waals surface area contributed by atoms with Gasteiger partial charge in [-0.25, -0.2) is 9.97 Å². The monoisotopic (exact) mass is 344 g/mol. The predicted molar refractivity (Wildman–Crippen MR) is 80.7 cm³/mol. The first-order valence-corrected chi connectivity index (χ1v) is 7.94. The van der Waals surface area contributed by atoms with Gasteiger partial charge in [0.15, 0.2) is 0 Å². The molecular formula is C13H15F3N6S. The van der Waals surface area contributed by atoms with Gasteiger partial charge in [-0.3, -0.25) is 0 Å². The topological polar surface area (TPSA) is 58.0 Å². The molecule has 2 aromatic rings. The second kappa shape index (κ2) is 6.26. The maximum absolute atomic E-state index is 12.6. The molecule has 2 aromatic heterocycles. The number of alkyl halides is 3. The number of aromatic nitrogens is 4. The summed E-state index contributed by atoms with van der Waals surface area (Å²) in [6.07, 6.45) is -2.11. The second-order valence-electron chi connectivity index (χ2n) is 5.23. The number of aryl methyl sites for hydroxylation is 1. The molecule has 0 bridgehead atoms. The lowest BCUT2D eigenvalue weighted by molar-refractivity contribution is -0.138. The fourth-order valence-corrected chi connectivity index (χ4v) is 3.17. The van der Waals surface area contributed by atoms with Crippen molar-refractivity contribution in [3.05, 3.63) is 23.1 Å². The van der Waals surface area contributed by atoms with Gasteiger partial charge in [0.05, 0.1) is 0 Å². The summed E-state index contributed by atoms with van der Waals surface area (Å²) < 4.78 is 37.9. The average Bonchev–Trinajstić information content (AvgIpc) is 2.86. The van der Waals surface area contributed by atoms with Crippen molar-refractivity contribution in [2.75, 3.05) is 36.0 Å². The highest BCUT2D eigenvalue weighted by molar-refractivity contribution is 7.15. The highest BCUT2D eigenvalue weighted by Crippen LogP contribution is 2.34. The number of halogens is 3. The molecule has 0 radical (unpaired) electrons. The minimum atomic E-state index is -4.44. The highest BCUT2D eigenvalue weighted by atomic mass is 32.1. The summed E-state index contributed by atoms with van der Waals surface area (Å²) in [5, 5.41) is 6.35. The Kier molecular flexibility index (Phi) is 4.33. The van der Waals surface area contributed by atoms with Gasteiger partial charge in [0.2, 0.25) is 10.1 Å². The molecule has 1 saturated heterocycles. The molecule has 1 aliphatic rings. The fourth-order valence-electron chi connectivity index (χ4n) is 2.41. The second-order valence-corrected chi connectivity index (χ2v) is 6.19. The number of rotatable bonds is 2. The minimum absolute atomic E-state index is 0.318. The van der Waals surface area contributed by atoms with Crippen molar-refractivity contribution in [1.29, 1.82) is 0 Å². The molecule has 23 heavy (non-hydrogen) atoms. The van der Waals surface area contributed by atoms with E-state index in [2.05, 4.69) is 25.1 Å². The summed E-state index contributed by atoms with van der Waals surface area (Å²) in [5.41, 5.74) is 0.884. The van der Waals surface area contributed by atoms with Gasteiger partial charge in [-0.1, -0.05) is 11.3 Å². The van der Waals surface area contributed by atoms with Gasteiger partial charge in [0.1, 0.15) is 12.1 Å². The van der Waals surface area contributed by atoms with Crippen molar-refractivity contribution in [3.63, 3.8) is 0 Å². The Morgan fingerprint density at radius 1 is 1.04 bits per heavy atom. The smallest absolute Gasteiger partial charge is 0.355 e. The molecule has 6 nitrogen and oxygen atoms in total. The lowest BCUT2D eigenvalue weighted by atomic mass is 10.3. The maximum atomic E-state index is 12.6. The van der Waals surface area contributed by atoms with Crippen LogP contribution in [0.1, 0.15) is 17.1 Å². The van der Waals surface area contributed by atoms with E-state index in [1.54, 1.807) is 0 Å². The summed E-state index contributed by atoms with van der Waals surface area (Å²) in [5.74, 6) is 0.840. The van der Waals surface area contributed by atoms with E-state index in [1.165, 1.54) is 6.33 Å². The first-order valence-electron chi connectivity index (χ1n) is 7.13. The van der Waals surface area contributed by atoms with Crippen molar-refractivity contribution < 1.29 is 13.2 Å². The zero-order chi connectivity index (χ0) is 16.4. The molecule has 124 valence electrons. The Bertz CT molecular complexity index is 674. The molecular weight excluding hydrogens is 329 g/mol. The molecule has 1 aliphatic heterocycles. The molecule has 1 fully saturated rings. The third-order valence-electron chi connectivity index (χ3n) is 3.54. The Labute approximate surface area is 135 Å². The van der Waals surface area contributed by atoms with E-state index in [0.717, 1.165) is 24.5 Å². The van der Waals surface area contributed by atoms with E-state index < -0.39 is 11.2 Å². The van der Waals surface area contributed by atoms with Gasteiger partial charge in [0.25, 0.3) is 0 Å². The van der Waals surface area contributed by atoms with Crippen LogP contribution in [0.25, 0.3) is 0 Å². The zero-order valence-electron chi connectivity index (χ0n) is 12.4. The number of anilines is 2. The van der Waals surface area contributed by atoms with Gasteiger partial charge in [-0.15, -0.1) is 10.2 Å². The summed E-state index contributed by atoms with van der Waals surface area (Å²) in [4.78, 5) is 12.3. The molecule has 0 spiro atoms. The van der Waals surface area contributed by atoms with Crippen LogP contribution in [0.4, 0.5) is 24.1 Å². The molecule has 3 rings (SSSR count). The van der Waals surface area contributed by atoms with E-state index in [0.29, 0.717) is 36.1 Å². The van der Waals surface area contributed by atoms with Crippen molar-refractivity contribution in [2.24, 2.45) is 0 Å². The molecule has 10 heteroatoms. The molecule has 0 unspecified atom stereocenters. The van der Waals surface area contributed by atoms with Crippen molar-refractivity contribution in [1.82, 2.24) is 20.2 Å². The molecule has 0 aromatic carbocycles. The largest absolute Gasteiger partial charge is 0.445 e. The van der Waals surface area contributed by atoms with Crippen LogP contribution in [0.2, 0.25) is 0 Å². The summed E-state index contributed by atoms with van der Waals surface area (Å²) in [7, 11) is 0. The molecule has 0 N–H and O–H groups in total. The van der Waals surface area contributed by atoms with Crippen LogP contribution < -0.4 is 9.80 Å². The zero-order valence-corrected chi connectivity index (χ0v) is 13.2. The third-order valence-corrected chi connectivity index (χ3v) is 4.57. The average molecular weight is 344 g/mol. The first kappa shape index (κ1) is 15.9. The minimum Gasteiger partial charge on any atom is -0.355 e. The molecule has 0 aliphatic carbocycles. The normalized spacial score (nSPS) is 16.5. The Balaban J connectivity index is 1.70. The van der Waals surface area contributed by atoms with E-state index >= 15 is 0 Å². The van der Waals surface area contributed by atoms with Crippen LogP contribution in [-0.4, -0.2) is 46.3 Å². The molecule has 0 saturated carbocycles. The van der Waals surface area contributed by atoms with Crippen molar-refractivity contribution >= 4 is 22.3 Å². The Morgan fingerprint density at radius 3 is 2.48 bits per heavy atom. The summed E-state index contributed by atoms with van der Waals surface area (Å²) in [6, 6.07) is 1.91. The van der Waals surface area contributed by atoms with E-state index in [4.69, 9.17) is 0 Å². The highest BCUT2D eigenvalue weighted by Gasteiger charge is 2.36. The number of nitrogens with zero attached hydrogens (tertiary/aromatic N) is 6. The van der Waals surface area contributed by atoms with E-state index in [1.807, 2.05) is 17.9 Å². The van der Waals surface area contributed by atoms with Gasteiger partial charge in [-0.2, -0.15) is 13.2 Å². The van der Waals surface area contributed by atoms with Gasteiger partial charge in [0, 0.05) is 37.9 Å². The number of hydrogen-bond donors (Lipinski definition) is 0. The van der Waals surface area contributed by atoms with Crippen LogP contribution in [-0.2, 0) is 6.18 Å². The van der Waals surface area contributed by atoms with Crippen LogP contribution in [0, 0.1) is 6.92 Å². The van der Waals surface area contributed by atoms with Crippen LogP contribution in [0.3, 0.4) is 0 Å². The summed E-state index contributed by atoms with van der Waals surface area (Å²) >= 11 is 0.590. The maximum Gasteiger partial charge on any atom is 0.445 e. The number of hydrogen-bond acceptors (Lipinski definition) is 7. The molecule has 3 heterocycles. The summed E-state index contributed by atoms with van der Waals surface area (Å²) in [6.45, 7) is 4.58. The van der Waals surface area contributed by atoms with Gasteiger partial charge < -0.3 is 9.80 Å². The fraction of sp³-hybridized carbons (Fsp3) is 0.538. The standard InChI is InChI=1S/C13H15F3N6S/c1-9-7-10(18-8-17-9)21-3-2-4-22(6-5-21)12-20-19-11(23-12)13(14,15)16/h7-8H,2-6H2,1H3. The van der Waals surface area contributed by atoms with Crippen LogP contribution in [0.5, 0.6) is 0 Å². The lowest BCUT2D eigenvalue weighted by Gasteiger charge is -2.22. The predicted octanol–water partition coefficient (Wildman–Crippen LogP) is 2.37. The first-order chi connectivity index (χ1) is 10.9. The molecule has 0 amide bonds. The van der Waals surface area contributed by atoms with E-state index in [9.17, 15) is 13.2 Å².